The third kappa shape index (κ3) is 4.02. The van der Waals surface area contributed by atoms with Crippen LogP contribution in [0.5, 0.6) is 0 Å². The summed E-state index contributed by atoms with van der Waals surface area (Å²) >= 11 is 5.94. The molecule has 29 heavy (non-hydrogen) atoms. The highest BCUT2D eigenvalue weighted by atomic mass is 35.5. The van der Waals surface area contributed by atoms with Crippen molar-refractivity contribution in [3.8, 4) is 0 Å². The maximum absolute atomic E-state index is 12.8. The number of carbonyl (C=O) groups excluding carboxylic acids is 2. The Labute approximate surface area is 171 Å². The summed E-state index contributed by atoms with van der Waals surface area (Å²) in [5.74, 6) is -0.391. The lowest BCUT2D eigenvalue weighted by molar-refractivity contribution is 0.0692. The van der Waals surface area contributed by atoms with Gasteiger partial charge in [-0.15, -0.1) is 0 Å². The summed E-state index contributed by atoms with van der Waals surface area (Å²) in [5.41, 5.74) is 1.48. The van der Waals surface area contributed by atoms with Crippen LogP contribution in [-0.4, -0.2) is 50.4 Å². The predicted molar refractivity (Wildman–Crippen MR) is 108 cm³/mol. The molecule has 2 N–H and O–H groups in total. The average molecular weight is 414 g/mol. The third-order valence-electron chi connectivity index (χ3n) is 5.02. The molecule has 150 valence electrons. The van der Waals surface area contributed by atoms with Crippen molar-refractivity contribution in [3.63, 3.8) is 0 Å². The van der Waals surface area contributed by atoms with Crippen LogP contribution in [0.15, 0.2) is 41.3 Å². The number of aromatic amines is 1. The summed E-state index contributed by atoms with van der Waals surface area (Å²) in [4.78, 5) is 41.6. The lowest BCUT2D eigenvalue weighted by Gasteiger charge is -2.32. The molecule has 1 fully saturated rings. The van der Waals surface area contributed by atoms with E-state index in [9.17, 15) is 14.4 Å². The summed E-state index contributed by atoms with van der Waals surface area (Å²) in [5, 5.41) is 7.76. The predicted octanol–water partition coefficient (Wildman–Crippen LogP) is 2.02. The van der Waals surface area contributed by atoms with Crippen LogP contribution in [0.25, 0.3) is 5.52 Å². The van der Waals surface area contributed by atoms with Crippen molar-refractivity contribution in [2.45, 2.75) is 25.8 Å². The van der Waals surface area contributed by atoms with Crippen molar-refractivity contribution in [2.24, 2.45) is 0 Å². The molecule has 0 bridgehead atoms. The van der Waals surface area contributed by atoms with Crippen molar-refractivity contribution in [1.29, 1.82) is 0 Å². The molecule has 0 aliphatic carbocycles. The van der Waals surface area contributed by atoms with E-state index in [0.29, 0.717) is 47.7 Å². The highest BCUT2D eigenvalue weighted by Crippen LogP contribution is 2.16. The quantitative estimate of drug-likeness (QED) is 0.686. The number of carbonyl (C=O) groups is 2. The first kappa shape index (κ1) is 19.2. The molecule has 1 aliphatic heterocycles. The van der Waals surface area contributed by atoms with Crippen LogP contribution >= 0.6 is 11.6 Å². The van der Waals surface area contributed by atoms with E-state index in [-0.39, 0.29) is 29.1 Å². The van der Waals surface area contributed by atoms with E-state index >= 15 is 0 Å². The Morgan fingerprint density at radius 1 is 1.24 bits per heavy atom. The fraction of sp³-hybridized carbons (Fsp3) is 0.300. The molecule has 3 aromatic rings. The Bertz CT molecular complexity index is 1140. The lowest BCUT2D eigenvalue weighted by atomic mass is 10.0. The van der Waals surface area contributed by atoms with E-state index in [2.05, 4.69) is 15.4 Å². The van der Waals surface area contributed by atoms with Crippen molar-refractivity contribution in [3.05, 3.63) is 68.9 Å². The van der Waals surface area contributed by atoms with Gasteiger partial charge in [-0.25, -0.2) is 4.52 Å². The van der Waals surface area contributed by atoms with Gasteiger partial charge in [0.15, 0.2) is 5.69 Å². The van der Waals surface area contributed by atoms with Crippen molar-refractivity contribution < 1.29 is 9.59 Å². The van der Waals surface area contributed by atoms with Crippen LogP contribution in [0, 0.1) is 6.92 Å². The molecule has 8 nitrogen and oxygen atoms in total. The minimum Gasteiger partial charge on any atom is -0.349 e. The molecule has 0 saturated carbocycles. The number of aryl methyl sites for hydroxylation is 1. The third-order valence-corrected chi connectivity index (χ3v) is 5.25. The highest BCUT2D eigenvalue weighted by molar-refractivity contribution is 6.30. The molecule has 0 radical (unpaired) electrons. The normalized spacial score (nSPS) is 14.9. The smallest absolute Gasteiger partial charge is 0.274 e. The number of nitrogens with zero attached hydrogens (tertiary/aromatic N) is 3. The first-order valence-electron chi connectivity index (χ1n) is 9.36. The highest BCUT2D eigenvalue weighted by Gasteiger charge is 2.26. The topological polar surface area (TPSA) is 99.6 Å². The molecule has 0 unspecified atom stereocenters. The van der Waals surface area contributed by atoms with Crippen molar-refractivity contribution in [1.82, 2.24) is 24.8 Å². The Morgan fingerprint density at radius 2 is 2.00 bits per heavy atom. The number of hydrogen-bond acceptors (Lipinski definition) is 4. The van der Waals surface area contributed by atoms with Crippen LogP contribution in [-0.2, 0) is 0 Å². The maximum Gasteiger partial charge on any atom is 0.274 e. The van der Waals surface area contributed by atoms with E-state index in [4.69, 9.17) is 11.6 Å². The zero-order valence-corrected chi connectivity index (χ0v) is 16.6. The van der Waals surface area contributed by atoms with E-state index in [0.717, 1.165) is 0 Å². The Hall–Kier alpha value is -3.13. The average Bonchev–Trinajstić information content (AvgIpc) is 3.12. The van der Waals surface area contributed by atoms with E-state index in [1.54, 1.807) is 42.3 Å². The molecule has 1 aliphatic rings. The number of likely N-dealkylation sites (tertiary alicyclic amines) is 1. The number of hydrogen-bond donors (Lipinski definition) is 2. The minimum absolute atomic E-state index is 0.0166. The number of halogens is 1. The first-order valence-corrected chi connectivity index (χ1v) is 9.73. The number of aromatic nitrogens is 3. The molecule has 0 atom stereocenters. The van der Waals surface area contributed by atoms with Gasteiger partial charge in [0.1, 0.15) is 5.52 Å². The number of fused-ring (bicyclic) bond motifs is 1. The molecule has 1 aromatic carbocycles. The largest absolute Gasteiger partial charge is 0.349 e. The summed E-state index contributed by atoms with van der Waals surface area (Å²) in [6, 6.07) is 8.29. The molecule has 2 aromatic heterocycles. The minimum atomic E-state index is -0.279. The Balaban J connectivity index is 1.39. The molecule has 2 amide bonds. The van der Waals surface area contributed by atoms with Gasteiger partial charge in [-0.1, -0.05) is 17.7 Å². The molecular formula is C20H20ClN5O3. The van der Waals surface area contributed by atoms with Gasteiger partial charge in [-0.3, -0.25) is 14.4 Å². The number of amides is 2. The van der Waals surface area contributed by atoms with Gasteiger partial charge in [0.25, 0.3) is 17.4 Å². The van der Waals surface area contributed by atoms with Crippen LogP contribution < -0.4 is 10.9 Å². The summed E-state index contributed by atoms with van der Waals surface area (Å²) in [6.07, 6.45) is 2.96. The van der Waals surface area contributed by atoms with Crippen LogP contribution in [0.4, 0.5) is 0 Å². The number of benzene rings is 1. The Morgan fingerprint density at radius 3 is 2.72 bits per heavy atom. The van der Waals surface area contributed by atoms with Gasteiger partial charge in [-0.05, 0) is 38.0 Å². The van der Waals surface area contributed by atoms with Gasteiger partial charge in [0, 0.05) is 47.7 Å². The second-order valence-corrected chi connectivity index (χ2v) is 7.61. The monoisotopic (exact) mass is 413 g/mol. The van der Waals surface area contributed by atoms with Gasteiger partial charge < -0.3 is 15.2 Å². The van der Waals surface area contributed by atoms with Crippen LogP contribution in [0.1, 0.15) is 39.4 Å². The summed E-state index contributed by atoms with van der Waals surface area (Å²) in [7, 11) is 0. The second-order valence-electron chi connectivity index (χ2n) is 7.18. The van der Waals surface area contributed by atoms with E-state index < -0.39 is 0 Å². The fourth-order valence-electron chi connectivity index (χ4n) is 3.51. The standard InChI is InChI=1S/C20H20ClN5O3/c1-12-11-26-17(19(28)22-12)10-16(24-26)20(29)25-7-5-15(6-8-25)23-18(27)13-3-2-4-14(21)9-13/h2-4,9-11,15H,5-8H2,1H3,(H,22,28)(H,23,27). The van der Waals surface area contributed by atoms with Crippen LogP contribution in [0.2, 0.25) is 5.02 Å². The van der Waals surface area contributed by atoms with E-state index in [1.165, 1.54) is 10.6 Å². The van der Waals surface area contributed by atoms with Crippen LogP contribution in [0.3, 0.4) is 0 Å². The molecular weight excluding hydrogens is 394 g/mol. The lowest BCUT2D eigenvalue weighted by Crippen LogP contribution is -2.46. The van der Waals surface area contributed by atoms with Gasteiger partial charge in [-0.2, -0.15) is 5.10 Å². The number of nitrogens with one attached hydrogen (secondary N) is 2. The first-order chi connectivity index (χ1) is 13.9. The molecule has 4 rings (SSSR count). The molecule has 9 heteroatoms. The van der Waals surface area contributed by atoms with Gasteiger partial charge in [0.2, 0.25) is 0 Å². The maximum atomic E-state index is 12.8. The second kappa shape index (κ2) is 7.71. The zero-order valence-electron chi connectivity index (χ0n) is 15.8. The zero-order chi connectivity index (χ0) is 20.5. The summed E-state index contributed by atoms with van der Waals surface area (Å²) < 4.78 is 1.43. The van der Waals surface area contributed by atoms with Gasteiger partial charge in [0.05, 0.1) is 0 Å². The molecule has 1 saturated heterocycles. The van der Waals surface area contributed by atoms with E-state index in [1.807, 2.05) is 0 Å². The molecule has 0 spiro atoms. The van der Waals surface area contributed by atoms with Crippen molar-refractivity contribution >= 4 is 28.9 Å². The van der Waals surface area contributed by atoms with Gasteiger partial charge >= 0.3 is 0 Å². The number of piperidine rings is 1. The number of H-pyrrole nitrogens is 1. The SMILES string of the molecule is Cc1cn2nc(C(=O)N3CCC(NC(=O)c4cccc(Cl)c4)CC3)cc2c(=O)[nH]1. The molecule has 3 heterocycles. The number of rotatable bonds is 3. The van der Waals surface area contributed by atoms with Crippen molar-refractivity contribution in [2.75, 3.05) is 13.1 Å². The fourth-order valence-corrected chi connectivity index (χ4v) is 3.70. The summed E-state index contributed by atoms with van der Waals surface area (Å²) in [6.45, 7) is 2.76. The Kier molecular flexibility index (Phi) is 5.10.